The maximum atomic E-state index is 13.1. The summed E-state index contributed by atoms with van der Waals surface area (Å²) in [6.45, 7) is 3.04. The van der Waals surface area contributed by atoms with E-state index < -0.39 is 11.5 Å². The molecule has 4 rings (SSSR count). The van der Waals surface area contributed by atoms with Gasteiger partial charge < -0.3 is 10.2 Å². The van der Waals surface area contributed by atoms with Crippen molar-refractivity contribution >= 4 is 17.5 Å². The smallest absolute Gasteiger partial charge is 0.286 e. The lowest BCUT2D eigenvalue weighted by Crippen LogP contribution is -2.44. The molecule has 2 aliphatic rings. The molecule has 2 heterocycles. The average Bonchev–Trinajstić information content (AvgIpc) is 3.09. The molecule has 1 aliphatic heterocycles. The summed E-state index contributed by atoms with van der Waals surface area (Å²) in [6, 6.07) is 6.04. The van der Waals surface area contributed by atoms with Crippen molar-refractivity contribution < 1.29 is 9.18 Å². The first kappa shape index (κ1) is 17.6. The van der Waals surface area contributed by atoms with Crippen molar-refractivity contribution in [3.8, 4) is 0 Å². The van der Waals surface area contributed by atoms with Crippen LogP contribution in [0.15, 0.2) is 29.1 Å². The minimum Gasteiger partial charge on any atom is -0.347 e. The number of hydrogen-bond donors (Lipinski definition) is 1. The van der Waals surface area contributed by atoms with E-state index in [-0.39, 0.29) is 17.6 Å². The number of aromatic nitrogens is 3. The second kappa shape index (κ2) is 7.09. The van der Waals surface area contributed by atoms with Gasteiger partial charge in [0.2, 0.25) is 11.6 Å². The first-order chi connectivity index (χ1) is 13.0. The van der Waals surface area contributed by atoms with Crippen molar-refractivity contribution in [3.05, 3.63) is 46.1 Å². The minimum absolute atomic E-state index is 0.0708. The van der Waals surface area contributed by atoms with Crippen LogP contribution in [0, 0.1) is 11.7 Å². The van der Waals surface area contributed by atoms with Gasteiger partial charge in [-0.05, 0) is 43.0 Å². The standard InChI is InChI=1S/C19H22FN5O2/c1-12-4-2-3-5-15(12)21-17(26)16-18(27)25-11-10-24(19(25)23-22-16)14-8-6-13(20)7-9-14/h6-9,12,15H,2-5,10-11H2,1H3,(H,21,26)/t12-,15-/m0/s1. The second-order valence-corrected chi connectivity index (χ2v) is 7.28. The maximum Gasteiger partial charge on any atom is 0.286 e. The molecular weight excluding hydrogens is 349 g/mol. The van der Waals surface area contributed by atoms with Crippen molar-refractivity contribution in [2.45, 2.75) is 45.2 Å². The maximum absolute atomic E-state index is 13.1. The van der Waals surface area contributed by atoms with E-state index in [9.17, 15) is 14.0 Å². The molecule has 1 N–H and O–H groups in total. The molecule has 1 amide bonds. The minimum atomic E-state index is -0.457. The lowest BCUT2D eigenvalue weighted by atomic mass is 9.86. The van der Waals surface area contributed by atoms with Crippen LogP contribution in [-0.4, -0.2) is 33.3 Å². The van der Waals surface area contributed by atoms with E-state index in [0.29, 0.717) is 25.0 Å². The van der Waals surface area contributed by atoms with E-state index in [2.05, 4.69) is 22.4 Å². The zero-order chi connectivity index (χ0) is 19.0. The molecule has 142 valence electrons. The van der Waals surface area contributed by atoms with Crippen LogP contribution in [-0.2, 0) is 6.54 Å². The fraction of sp³-hybridized carbons (Fsp3) is 0.474. The summed E-state index contributed by atoms with van der Waals surface area (Å²) in [6.07, 6.45) is 4.25. The number of rotatable bonds is 3. The van der Waals surface area contributed by atoms with Gasteiger partial charge in [0.05, 0.1) is 0 Å². The van der Waals surface area contributed by atoms with E-state index in [0.717, 1.165) is 24.9 Å². The number of carbonyl (C=O) groups is 1. The van der Waals surface area contributed by atoms with E-state index in [1.165, 1.54) is 23.1 Å². The molecule has 1 fully saturated rings. The highest BCUT2D eigenvalue weighted by molar-refractivity contribution is 5.92. The van der Waals surface area contributed by atoms with Gasteiger partial charge in [-0.1, -0.05) is 19.8 Å². The number of fused-ring (bicyclic) bond motifs is 1. The SMILES string of the molecule is C[C@H]1CCCC[C@@H]1NC(=O)c1nnc2n(c1=O)CCN2c1ccc(F)cc1. The first-order valence-corrected chi connectivity index (χ1v) is 9.36. The fourth-order valence-corrected chi connectivity index (χ4v) is 3.89. The monoisotopic (exact) mass is 371 g/mol. The Morgan fingerprint density at radius 3 is 2.63 bits per heavy atom. The summed E-state index contributed by atoms with van der Waals surface area (Å²) >= 11 is 0. The Kier molecular flexibility index (Phi) is 4.63. The number of halogens is 1. The molecule has 27 heavy (non-hydrogen) atoms. The van der Waals surface area contributed by atoms with Crippen LogP contribution in [0.25, 0.3) is 0 Å². The molecule has 0 bridgehead atoms. The second-order valence-electron chi connectivity index (χ2n) is 7.28. The molecule has 0 radical (unpaired) electrons. The average molecular weight is 371 g/mol. The van der Waals surface area contributed by atoms with E-state index in [1.807, 2.05) is 0 Å². The van der Waals surface area contributed by atoms with Crippen LogP contribution < -0.4 is 15.8 Å². The molecule has 1 aliphatic carbocycles. The summed E-state index contributed by atoms with van der Waals surface area (Å²) in [7, 11) is 0. The fourth-order valence-electron chi connectivity index (χ4n) is 3.89. The highest BCUT2D eigenvalue weighted by Crippen LogP contribution is 2.27. The van der Waals surface area contributed by atoms with Gasteiger partial charge >= 0.3 is 0 Å². The zero-order valence-electron chi connectivity index (χ0n) is 15.2. The molecule has 2 aromatic rings. The third kappa shape index (κ3) is 3.31. The summed E-state index contributed by atoms with van der Waals surface area (Å²) in [5.41, 5.74) is 0.118. The quantitative estimate of drug-likeness (QED) is 0.895. The van der Waals surface area contributed by atoms with Gasteiger partial charge in [0.15, 0.2) is 0 Å². The number of hydrogen-bond acceptors (Lipinski definition) is 5. The predicted octanol–water partition coefficient (Wildman–Crippen LogP) is 2.24. The summed E-state index contributed by atoms with van der Waals surface area (Å²) in [4.78, 5) is 27.1. The Hall–Kier alpha value is -2.77. The molecule has 1 saturated carbocycles. The van der Waals surface area contributed by atoms with Crippen molar-refractivity contribution in [2.24, 2.45) is 5.92 Å². The zero-order valence-corrected chi connectivity index (χ0v) is 15.2. The van der Waals surface area contributed by atoms with Crippen molar-refractivity contribution in [1.82, 2.24) is 20.1 Å². The van der Waals surface area contributed by atoms with Gasteiger partial charge in [0.1, 0.15) is 5.82 Å². The van der Waals surface area contributed by atoms with Gasteiger partial charge in [-0.2, -0.15) is 0 Å². The van der Waals surface area contributed by atoms with Crippen LogP contribution in [0.2, 0.25) is 0 Å². The van der Waals surface area contributed by atoms with E-state index in [4.69, 9.17) is 0 Å². The third-order valence-electron chi connectivity index (χ3n) is 5.50. The highest BCUT2D eigenvalue weighted by atomic mass is 19.1. The Balaban J connectivity index is 1.58. The Bertz CT molecular complexity index is 911. The predicted molar refractivity (Wildman–Crippen MR) is 98.6 cm³/mol. The Labute approximate surface area is 156 Å². The topological polar surface area (TPSA) is 80.1 Å². The molecule has 1 aromatic heterocycles. The number of nitrogens with zero attached hydrogens (tertiary/aromatic N) is 4. The number of nitrogens with one attached hydrogen (secondary N) is 1. The normalized spacial score (nSPS) is 21.8. The van der Waals surface area contributed by atoms with Gasteiger partial charge in [-0.25, -0.2) is 4.39 Å². The van der Waals surface area contributed by atoms with Crippen molar-refractivity contribution in [2.75, 3.05) is 11.4 Å². The van der Waals surface area contributed by atoms with Crippen LogP contribution in [0.5, 0.6) is 0 Å². The summed E-state index contributed by atoms with van der Waals surface area (Å²) in [5.74, 6) is -0.0248. The van der Waals surface area contributed by atoms with Crippen LogP contribution in [0.3, 0.4) is 0 Å². The molecule has 8 heteroatoms. The van der Waals surface area contributed by atoms with Crippen LogP contribution >= 0.6 is 0 Å². The van der Waals surface area contributed by atoms with Crippen LogP contribution in [0.1, 0.15) is 43.1 Å². The Morgan fingerprint density at radius 2 is 1.89 bits per heavy atom. The van der Waals surface area contributed by atoms with Crippen LogP contribution in [0.4, 0.5) is 16.0 Å². The van der Waals surface area contributed by atoms with E-state index >= 15 is 0 Å². The Morgan fingerprint density at radius 1 is 1.15 bits per heavy atom. The molecule has 0 unspecified atom stereocenters. The molecule has 7 nitrogen and oxygen atoms in total. The first-order valence-electron chi connectivity index (χ1n) is 9.36. The lowest BCUT2D eigenvalue weighted by molar-refractivity contribution is 0.0901. The van der Waals surface area contributed by atoms with Crippen molar-refractivity contribution in [3.63, 3.8) is 0 Å². The largest absolute Gasteiger partial charge is 0.347 e. The number of amides is 1. The van der Waals surface area contributed by atoms with Gasteiger partial charge in [-0.15, -0.1) is 10.2 Å². The number of benzene rings is 1. The highest BCUT2D eigenvalue weighted by Gasteiger charge is 2.29. The number of anilines is 2. The molecule has 2 atom stereocenters. The molecular formula is C19H22FN5O2. The summed E-state index contributed by atoms with van der Waals surface area (Å²) in [5, 5.41) is 11.0. The van der Waals surface area contributed by atoms with Gasteiger partial charge in [-0.3, -0.25) is 14.2 Å². The third-order valence-corrected chi connectivity index (χ3v) is 5.50. The number of carbonyl (C=O) groups excluding carboxylic acids is 1. The van der Waals surface area contributed by atoms with Gasteiger partial charge in [0.25, 0.3) is 11.5 Å². The van der Waals surface area contributed by atoms with Crippen molar-refractivity contribution in [1.29, 1.82) is 0 Å². The molecule has 0 saturated heterocycles. The molecule has 0 spiro atoms. The summed E-state index contributed by atoms with van der Waals surface area (Å²) < 4.78 is 14.6. The van der Waals surface area contributed by atoms with E-state index in [1.54, 1.807) is 17.0 Å². The molecule has 1 aromatic carbocycles. The van der Waals surface area contributed by atoms with Gasteiger partial charge in [0, 0.05) is 24.8 Å². The lowest BCUT2D eigenvalue weighted by Gasteiger charge is -2.29.